The average Bonchev–Trinajstić information content (AvgIpc) is 3.23. The van der Waals surface area contributed by atoms with Crippen LogP contribution in [-0.2, 0) is 6.54 Å². The van der Waals surface area contributed by atoms with Crippen LogP contribution in [0.15, 0.2) is 72.2 Å². The van der Waals surface area contributed by atoms with Gasteiger partial charge in [-0.25, -0.2) is 4.98 Å². The van der Waals surface area contributed by atoms with Crippen LogP contribution in [0.5, 0.6) is 17.2 Å². The second kappa shape index (κ2) is 11.6. The molecule has 4 rings (SSSR count). The van der Waals surface area contributed by atoms with Crippen LogP contribution in [0.1, 0.15) is 12.8 Å². The van der Waals surface area contributed by atoms with E-state index in [1.165, 1.54) is 0 Å². The number of aromatic nitrogens is 2. The van der Waals surface area contributed by atoms with Crippen LogP contribution in [0, 0.1) is 0 Å². The van der Waals surface area contributed by atoms with Crippen molar-refractivity contribution in [3.63, 3.8) is 0 Å². The molecule has 8 heteroatoms. The number of rotatable bonds is 9. The first-order valence-corrected chi connectivity index (χ1v) is 11.0. The van der Waals surface area contributed by atoms with Crippen molar-refractivity contribution in [2.75, 3.05) is 38.2 Å². The lowest BCUT2D eigenvalue weighted by Crippen LogP contribution is -2.33. The summed E-state index contributed by atoms with van der Waals surface area (Å²) in [4.78, 5) is 8.80. The van der Waals surface area contributed by atoms with Crippen LogP contribution in [-0.4, -0.2) is 48.4 Å². The molecule has 0 bridgehead atoms. The molecule has 0 radical (unpaired) electrons. The molecule has 0 fully saturated rings. The van der Waals surface area contributed by atoms with Crippen molar-refractivity contribution in [2.45, 2.75) is 19.4 Å². The number of hydrogen-bond acceptors (Lipinski definition) is 5. The van der Waals surface area contributed by atoms with Crippen LogP contribution < -0.4 is 24.8 Å². The van der Waals surface area contributed by atoms with Gasteiger partial charge in [-0.15, -0.1) is 0 Å². The Morgan fingerprint density at radius 2 is 1.97 bits per heavy atom. The SMILES string of the molecule is c1ccc(OCCCN=C(NCCn2ccnc2)Nc2ccc3c(c2)OCCCO3)cc1. The highest BCUT2D eigenvalue weighted by atomic mass is 16.5. The maximum atomic E-state index is 5.80. The summed E-state index contributed by atoms with van der Waals surface area (Å²) in [6.45, 7) is 4.08. The number of guanidine groups is 1. The molecule has 0 saturated heterocycles. The minimum Gasteiger partial charge on any atom is -0.494 e. The van der Waals surface area contributed by atoms with Crippen LogP contribution >= 0.6 is 0 Å². The number of nitrogens with one attached hydrogen (secondary N) is 2. The lowest BCUT2D eigenvalue weighted by atomic mass is 10.2. The van der Waals surface area contributed by atoms with E-state index in [0.717, 1.165) is 42.3 Å². The van der Waals surface area contributed by atoms with E-state index in [0.29, 0.717) is 38.9 Å². The number of anilines is 1. The van der Waals surface area contributed by atoms with Crippen molar-refractivity contribution in [3.8, 4) is 17.2 Å². The Kier molecular flexibility index (Phi) is 7.84. The number of hydrogen-bond donors (Lipinski definition) is 2. The highest BCUT2D eigenvalue weighted by molar-refractivity contribution is 5.93. The zero-order valence-corrected chi connectivity index (χ0v) is 18.1. The predicted molar refractivity (Wildman–Crippen MR) is 125 cm³/mol. The first-order valence-electron chi connectivity index (χ1n) is 11.0. The fraction of sp³-hybridized carbons (Fsp3) is 0.333. The highest BCUT2D eigenvalue weighted by Crippen LogP contribution is 2.32. The Morgan fingerprint density at radius 1 is 1.09 bits per heavy atom. The number of para-hydroxylation sites is 1. The monoisotopic (exact) mass is 435 g/mol. The van der Waals surface area contributed by atoms with Gasteiger partial charge < -0.3 is 29.4 Å². The Balaban J connectivity index is 1.34. The molecule has 1 aliphatic heterocycles. The summed E-state index contributed by atoms with van der Waals surface area (Å²) in [7, 11) is 0. The van der Waals surface area contributed by atoms with E-state index in [2.05, 4.69) is 15.6 Å². The summed E-state index contributed by atoms with van der Waals surface area (Å²) in [5, 5.41) is 6.76. The summed E-state index contributed by atoms with van der Waals surface area (Å²) in [6, 6.07) is 15.7. The third-order valence-electron chi connectivity index (χ3n) is 4.82. The highest BCUT2D eigenvalue weighted by Gasteiger charge is 2.11. The molecule has 0 spiro atoms. The summed E-state index contributed by atoms with van der Waals surface area (Å²) >= 11 is 0. The maximum absolute atomic E-state index is 5.80. The smallest absolute Gasteiger partial charge is 0.195 e. The van der Waals surface area contributed by atoms with E-state index in [4.69, 9.17) is 19.2 Å². The van der Waals surface area contributed by atoms with Gasteiger partial charge in [0.05, 0.1) is 26.1 Å². The van der Waals surface area contributed by atoms with Gasteiger partial charge in [-0.3, -0.25) is 4.99 Å². The van der Waals surface area contributed by atoms with Gasteiger partial charge >= 0.3 is 0 Å². The van der Waals surface area contributed by atoms with Crippen molar-refractivity contribution in [3.05, 3.63) is 67.3 Å². The summed E-state index contributed by atoms with van der Waals surface area (Å²) in [5.74, 6) is 3.11. The Hall–Kier alpha value is -3.68. The molecule has 1 aromatic heterocycles. The quantitative estimate of drug-likeness (QED) is 0.304. The van der Waals surface area contributed by atoms with Gasteiger partial charge in [-0.1, -0.05) is 18.2 Å². The van der Waals surface area contributed by atoms with Gasteiger partial charge in [0.2, 0.25) is 0 Å². The number of benzene rings is 2. The molecule has 2 heterocycles. The van der Waals surface area contributed by atoms with E-state index in [9.17, 15) is 0 Å². The molecule has 168 valence electrons. The summed E-state index contributed by atoms with van der Waals surface area (Å²) in [6.07, 6.45) is 7.21. The molecular weight excluding hydrogens is 406 g/mol. The van der Waals surface area contributed by atoms with Gasteiger partial charge in [0.1, 0.15) is 5.75 Å². The lowest BCUT2D eigenvalue weighted by Gasteiger charge is -2.15. The topological polar surface area (TPSA) is 81.9 Å². The van der Waals surface area contributed by atoms with Gasteiger partial charge in [0, 0.05) is 56.6 Å². The Labute approximate surface area is 188 Å². The van der Waals surface area contributed by atoms with E-state index < -0.39 is 0 Å². The lowest BCUT2D eigenvalue weighted by molar-refractivity contribution is 0.297. The van der Waals surface area contributed by atoms with Crippen LogP contribution in [0.3, 0.4) is 0 Å². The van der Waals surface area contributed by atoms with Crippen molar-refractivity contribution >= 4 is 11.6 Å². The third-order valence-corrected chi connectivity index (χ3v) is 4.82. The van der Waals surface area contributed by atoms with Crippen LogP contribution in [0.2, 0.25) is 0 Å². The molecule has 32 heavy (non-hydrogen) atoms. The number of imidazole rings is 1. The summed E-state index contributed by atoms with van der Waals surface area (Å²) < 4.78 is 19.3. The van der Waals surface area contributed by atoms with Crippen LogP contribution in [0.25, 0.3) is 0 Å². The first-order chi connectivity index (χ1) is 15.9. The predicted octanol–water partition coefficient (Wildman–Crippen LogP) is 3.57. The molecule has 2 aromatic carbocycles. The maximum Gasteiger partial charge on any atom is 0.195 e. The molecule has 1 aliphatic rings. The van der Waals surface area contributed by atoms with Crippen molar-refractivity contribution < 1.29 is 14.2 Å². The van der Waals surface area contributed by atoms with Crippen LogP contribution in [0.4, 0.5) is 5.69 Å². The van der Waals surface area contributed by atoms with Gasteiger partial charge in [0.15, 0.2) is 17.5 Å². The van der Waals surface area contributed by atoms with Crippen molar-refractivity contribution in [1.29, 1.82) is 0 Å². The van der Waals surface area contributed by atoms with Crippen molar-refractivity contribution in [2.24, 2.45) is 4.99 Å². The number of ether oxygens (including phenoxy) is 3. The number of fused-ring (bicyclic) bond motifs is 1. The van der Waals surface area contributed by atoms with E-state index >= 15 is 0 Å². The molecule has 2 N–H and O–H groups in total. The van der Waals surface area contributed by atoms with Gasteiger partial charge in [-0.05, 0) is 24.3 Å². The molecule has 0 unspecified atom stereocenters. The molecular formula is C24H29N5O3. The van der Waals surface area contributed by atoms with E-state index in [1.807, 2.05) is 59.3 Å². The fourth-order valence-corrected chi connectivity index (χ4v) is 3.20. The minimum atomic E-state index is 0.611. The molecule has 0 aliphatic carbocycles. The Morgan fingerprint density at radius 3 is 2.81 bits per heavy atom. The second-order valence-corrected chi connectivity index (χ2v) is 7.31. The second-order valence-electron chi connectivity index (χ2n) is 7.31. The zero-order chi connectivity index (χ0) is 21.8. The molecule has 0 saturated carbocycles. The van der Waals surface area contributed by atoms with Gasteiger partial charge in [-0.2, -0.15) is 0 Å². The standard InChI is InChI=1S/C24H29N5O3/c1-2-6-21(7-3-1)30-15-4-10-26-24(27-12-14-29-13-11-25-19-29)28-20-8-9-22-23(18-20)32-17-5-16-31-22/h1-3,6-9,11,13,18-19H,4-5,10,12,14-17H2,(H2,26,27,28). The van der Waals surface area contributed by atoms with Gasteiger partial charge in [0.25, 0.3) is 0 Å². The Bertz CT molecular complexity index is 977. The number of aliphatic imine (C=N–C) groups is 1. The molecule has 0 atom stereocenters. The summed E-state index contributed by atoms with van der Waals surface area (Å²) in [5.41, 5.74) is 0.892. The zero-order valence-electron chi connectivity index (χ0n) is 18.1. The first kappa shape index (κ1) is 21.5. The van der Waals surface area contributed by atoms with E-state index in [-0.39, 0.29) is 0 Å². The largest absolute Gasteiger partial charge is 0.494 e. The normalized spacial score (nSPS) is 13.3. The molecule has 3 aromatic rings. The third kappa shape index (κ3) is 6.66. The average molecular weight is 436 g/mol. The van der Waals surface area contributed by atoms with Crippen molar-refractivity contribution in [1.82, 2.24) is 14.9 Å². The molecule has 0 amide bonds. The fourth-order valence-electron chi connectivity index (χ4n) is 3.20. The van der Waals surface area contributed by atoms with E-state index in [1.54, 1.807) is 12.5 Å². The molecule has 8 nitrogen and oxygen atoms in total. The number of nitrogens with zero attached hydrogens (tertiary/aromatic N) is 3. The minimum absolute atomic E-state index is 0.611.